The molecule has 0 aliphatic carbocycles. The molecule has 3 aromatic rings. The van der Waals surface area contributed by atoms with Crippen molar-refractivity contribution in [3.8, 4) is 22.8 Å². The van der Waals surface area contributed by atoms with Gasteiger partial charge in [-0.15, -0.1) is 0 Å². The van der Waals surface area contributed by atoms with Crippen molar-refractivity contribution in [2.24, 2.45) is 0 Å². The van der Waals surface area contributed by atoms with Crippen molar-refractivity contribution in [1.82, 2.24) is 19.8 Å². The summed E-state index contributed by atoms with van der Waals surface area (Å²) in [6.45, 7) is 3.85. The highest BCUT2D eigenvalue weighted by Gasteiger charge is 2.31. The molecule has 1 aromatic heterocycles. The minimum absolute atomic E-state index is 0.00883. The molecule has 0 radical (unpaired) electrons. The van der Waals surface area contributed by atoms with Gasteiger partial charge in [-0.25, -0.2) is 18.7 Å². The van der Waals surface area contributed by atoms with Gasteiger partial charge >= 0.3 is 0 Å². The molecule has 8 nitrogen and oxygen atoms in total. The van der Waals surface area contributed by atoms with E-state index in [0.717, 1.165) is 37.9 Å². The van der Waals surface area contributed by atoms with E-state index in [1.165, 1.54) is 25.3 Å². The molecule has 2 N–H and O–H groups in total. The molecule has 0 saturated carbocycles. The maximum absolute atomic E-state index is 14.6. The predicted octanol–water partition coefficient (Wildman–Crippen LogP) is 4.22. The summed E-state index contributed by atoms with van der Waals surface area (Å²) in [5, 5.41) is 11.3. The molecule has 1 unspecified atom stereocenters. The molecule has 2 aliphatic rings. The number of nitrogens with one attached hydrogen (secondary N) is 2. The van der Waals surface area contributed by atoms with Gasteiger partial charge in [-0.2, -0.15) is 0 Å². The molecule has 2 aromatic carbocycles. The predicted molar refractivity (Wildman–Crippen MR) is 128 cm³/mol. The highest BCUT2D eigenvalue weighted by Crippen LogP contribution is 2.39. The van der Waals surface area contributed by atoms with E-state index in [0.29, 0.717) is 23.4 Å². The first-order chi connectivity index (χ1) is 16.9. The molecule has 35 heavy (non-hydrogen) atoms. The number of ether oxygens (including phenoxy) is 2. The van der Waals surface area contributed by atoms with Gasteiger partial charge in [0.15, 0.2) is 11.7 Å². The fourth-order valence-corrected chi connectivity index (χ4v) is 4.50. The van der Waals surface area contributed by atoms with Gasteiger partial charge in [0.05, 0.1) is 13.3 Å². The van der Waals surface area contributed by atoms with E-state index < -0.39 is 11.6 Å². The van der Waals surface area contributed by atoms with Gasteiger partial charge < -0.3 is 19.7 Å². The Hall–Kier alpha value is -3.63. The van der Waals surface area contributed by atoms with E-state index in [9.17, 15) is 8.78 Å². The van der Waals surface area contributed by atoms with Gasteiger partial charge in [0.25, 0.3) is 0 Å². The van der Waals surface area contributed by atoms with E-state index in [1.807, 2.05) is 12.1 Å². The number of nitrogens with zero attached hydrogens (tertiary/aromatic N) is 4. The number of hydrogen-bond acceptors (Lipinski definition) is 8. The number of anilines is 2. The number of rotatable bonds is 5. The van der Waals surface area contributed by atoms with Crippen LogP contribution in [0.2, 0.25) is 0 Å². The number of benzene rings is 2. The Labute approximate surface area is 202 Å². The van der Waals surface area contributed by atoms with E-state index in [4.69, 9.17) is 14.9 Å². The summed E-state index contributed by atoms with van der Waals surface area (Å²) in [6, 6.07) is 9.59. The first-order valence-corrected chi connectivity index (χ1v) is 11.4. The summed E-state index contributed by atoms with van der Waals surface area (Å²) >= 11 is 0. The topological polar surface area (TPSA) is 86.6 Å². The van der Waals surface area contributed by atoms with Crippen molar-refractivity contribution in [3.63, 3.8) is 0 Å². The summed E-state index contributed by atoms with van der Waals surface area (Å²) in [7, 11) is 3.50. The molecular weight excluding hydrogens is 454 g/mol. The lowest BCUT2D eigenvalue weighted by molar-refractivity contribution is 0.108. The smallest absolute Gasteiger partial charge is 0.227 e. The summed E-state index contributed by atoms with van der Waals surface area (Å²) < 4.78 is 39.1. The van der Waals surface area contributed by atoms with Crippen LogP contribution in [0.25, 0.3) is 11.3 Å². The molecule has 3 heterocycles. The van der Waals surface area contributed by atoms with Gasteiger partial charge in [0.1, 0.15) is 23.0 Å². The maximum atomic E-state index is 14.6. The van der Waals surface area contributed by atoms with Crippen molar-refractivity contribution >= 4 is 17.5 Å². The molecule has 10 heteroatoms. The molecule has 1 saturated heterocycles. The molecule has 0 amide bonds. The number of methoxy groups -OCH3 is 1. The fourth-order valence-electron chi connectivity index (χ4n) is 4.50. The number of halogens is 2. The van der Waals surface area contributed by atoms with Gasteiger partial charge in [0.2, 0.25) is 5.95 Å². The highest BCUT2D eigenvalue weighted by atomic mass is 19.1. The molecule has 1 atom stereocenters. The van der Waals surface area contributed by atoms with Gasteiger partial charge in [-0.05, 0) is 25.2 Å². The number of likely N-dealkylation sites (N-methyl/N-ethyl adjacent to an activating group) is 1. The molecule has 0 bridgehead atoms. The lowest BCUT2D eigenvalue weighted by atomic mass is 9.97. The highest BCUT2D eigenvalue weighted by molar-refractivity contribution is 5.80. The Morgan fingerprint density at radius 1 is 1.11 bits per heavy atom. The summed E-state index contributed by atoms with van der Waals surface area (Å²) in [5.41, 5.74) is 1.98. The Kier molecular flexibility index (Phi) is 6.31. The van der Waals surface area contributed by atoms with Crippen molar-refractivity contribution in [1.29, 1.82) is 5.41 Å². The second-order valence-electron chi connectivity index (χ2n) is 8.70. The third-order valence-corrected chi connectivity index (χ3v) is 6.38. The Morgan fingerprint density at radius 2 is 1.91 bits per heavy atom. The average Bonchev–Trinajstić information content (AvgIpc) is 2.85. The second-order valence-corrected chi connectivity index (χ2v) is 8.70. The first-order valence-electron chi connectivity index (χ1n) is 11.4. The third kappa shape index (κ3) is 4.80. The minimum Gasteiger partial charge on any atom is -0.496 e. The van der Waals surface area contributed by atoms with Crippen molar-refractivity contribution in [2.45, 2.75) is 12.5 Å². The maximum Gasteiger partial charge on any atom is 0.227 e. The largest absolute Gasteiger partial charge is 0.496 e. The Balaban J connectivity index is 1.41. The van der Waals surface area contributed by atoms with Crippen LogP contribution in [0.5, 0.6) is 11.5 Å². The molecule has 2 aliphatic heterocycles. The summed E-state index contributed by atoms with van der Waals surface area (Å²) in [4.78, 5) is 13.0. The Morgan fingerprint density at radius 3 is 2.69 bits per heavy atom. The quantitative estimate of drug-likeness (QED) is 0.565. The van der Waals surface area contributed by atoms with Gasteiger partial charge in [0, 0.05) is 67.6 Å². The van der Waals surface area contributed by atoms with Crippen LogP contribution < -0.4 is 14.8 Å². The summed E-state index contributed by atoms with van der Waals surface area (Å²) in [5.74, 6) is 0.0176. The standard InChI is InChI=1S/C25H26F2N6O2/c1-32-7-9-33(10-8-32)20-13-23(28)35-22-12-16(4-6-17(20)22)30-25-29-14-19(27)24(31-25)18-5-3-15(26)11-21(18)34-2/h3-6,11-12,14,20,28H,7-10,13H2,1-2H3,(H,29,30,31). The van der Waals surface area contributed by atoms with Crippen LogP contribution in [0.15, 0.2) is 42.6 Å². The van der Waals surface area contributed by atoms with Crippen LogP contribution in [0.3, 0.4) is 0 Å². The van der Waals surface area contributed by atoms with Crippen molar-refractivity contribution in [3.05, 3.63) is 59.8 Å². The zero-order chi connectivity index (χ0) is 24.5. The first kappa shape index (κ1) is 23.1. The SMILES string of the molecule is COc1cc(F)ccc1-c1nc(Nc2ccc3c(c2)OC(=N)CC3N2CCN(C)CC2)ncc1F. The Bertz CT molecular complexity index is 1260. The van der Waals surface area contributed by atoms with E-state index in [-0.39, 0.29) is 29.3 Å². The van der Waals surface area contributed by atoms with E-state index in [1.54, 1.807) is 6.07 Å². The zero-order valence-corrected chi connectivity index (χ0v) is 19.5. The summed E-state index contributed by atoms with van der Waals surface area (Å²) in [6.07, 6.45) is 1.59. The van der Waals surface area contributed by atoms with E-state index in [2.05, 4.69) is 32.1 Å². The minimum atomic E-state index is -0.655. The second kappa shape index (κ2) is 9.55. The van der Waals surface area contributed by atoms with Gasteiger partial charge in [-0.1, -0.05) is 6.07 Å². The average molecular weight is 481 g/mol. The van der Waals surface area contributed by atoms with Crippen LogP contribution >= 0.6 is 0 Å². The number of hydrogen-bond donors (Lipinski definition) is 2. The van der Waals surface area contributed by atoms with Gasteiger partial charge in [-0.3, -0.25) is 10.3 Å². The number of piperazine rings is 1. The lowest BCUT2D eigenvalue weighted by Crippen LogP contribution is -2.47. The van der Waals surface area contributed by atoms with Crippen LogP contribution in [0.1, 0.15) is 18.0 Å². The zero-order valence-electron chi connectivity index (χ0n) is 19.5. The van der Waals surface area contributed by atoms with Crippen LogP contribution in [-0.2, 0) is 0 Å². The van der Waals surface area contributed by atoms with Crippen molar-refractivity contribution in [2.75, 3.05) is 45.7 Å². The fraction of sp³-hybridized carbons (Fsp3) is 0.320. The lowest BCUT2D eigenvalue weighted by Gasteiger charge is -2.40. The molecule has 182 valence electrons. The van der Waals surface area contributed by atoms with Crippen LogP contribution in [0.4, 0.5) is 20.4 Å². The van der Waals surface area contributed by atoms with Crippen LogP contribution in [0, 0.1) is 17.0 Å². The number of fused-ring (bicyclic) bond motifs is 1. The number of aromatic nitrogens is 2. The molecular formula is C25H26F2N6O2. The molecule has 0 spiro atoms. The van der Waals surface area contributed by atoms with Crippen LogP contribution in [-0.4, -0.2) is 66.0 Å². The molecule has 5 rings (SSSR count). The van der Waals surface area contributed by atoms with E-state index >= 15 is 0 Å². The molecule has 1 fully saturated rings. The van der Waals surface area contributed by atoms with Crippen molar-refractivity contribution < 1.29 is 18.3 Å². The third-order valence-electron chi connectivity index (χ3n) is 6.38. The monoisotopic (exact) mass is 480 g/mol. The normalized spacial score (nSPS) is 18.6.